The second-order valence-corrected chi connectivity index (χ2v) is 6.90. The van der Waals surface area contributed by atoms with E-state index in [1.807, 2.05) is 36.4 Å². The molecule has 0 spiro atoms. The molecule has 2 N–H and O–H groups in total. The Bertz CT molecular complexity index is 789. The highest BCUT2D eigenvalue weighted by Gasteiger charge is 2.23. The number of nitrogens with one attached hydrogen (secondary N) is 2. The zero-order chi connectivity index (χ0) is 19.1. The normalized spacial score (nSPS) is 15.5. The summed E-state index contributed by atoms with van der Waals surface area (Å²) in [5.41, 5.74) is 3.52. The van der Waals surface area contributed by atoms with Crippen LogP contribution in [-0.2, 0) is 22.6 Å². The average molecular weight is 366 g/mol. The summed E-state index contributed by atoms with van der Waals surface area (Å²) >= 11 is 0. The van der Waals surface area contributed by atoms with Crippen LogP contribution in [-0.4, -0.2) is 25.5 Å². The number of rotatable bonds is 7. The van der Waals surface area contributed by atoms with Crippen LogP contribution >= 0.6 is 0 Å². The van der Waals surface area contributed by atoms with Crippen molar-refractivity contribution in [3.63, 3.8) is 0 Å². The first kappa shape index (κ1) is 19.0. The molecule has 2 aromatic rings. The highest BCUT2D eigenvalue weighted by Crippen LogP contribution is 2.35. The van der Waals surface area contributed by atoms with E-state index in [9.17, 15) is 9.59 Å². The van der Waals surface area contributed by atoms with Gasteiger partial charge in [0, 0.05) is 13.0 Å². The highest BCUT2D eigenvalue weighted by atomic mass is 16.5. The van der Waals surface area contributed by atoms with Crippen molar-refractivity contribution in [1.29, 1.82) is 0 Å². The molecule has 142 valence electrons. The van der Waals surface area contributed by atoms with Crippen LogP contribution in [0.3, 0.4) is 0 Å². The lowest BCUT2D eigenvalue weighted by atomic mass is 9.81. The molecule has 0 saturated carbocycles. The number of carbonyl (C=O) groups is 2. The van der Waals surface area contributed by atoms with Gasteiger partial charge in [-0.3, -0.25) is 9.59 Å². The summed E-state index contributed by atoms with van der Waals surface area (Å²) in [5.74, 6) is 0.792. The molecule has 5 heteroatoms. The summed E-state index contributed by atoms with van der Waals surface area (Å²) in [6, 6.07) is 15.8. The van der Waals surface area contributed by atoms with Gasteiger partial charge in [0.1, 0.15) is 5.75 Å². The molecule has 0 bridgehead atoms. The molecule has 0 radical (unpaired) electrons. The Hall–Kier alpha value is -2.82. The molecule has 27 heavy (non-hydrogen) atoms. The van der Waals surface area contributed by atoms with Crippen LogP contribution in [0.25, 0.3) is 0 Å². The predicted octanol–water partition coefficient (Wildman–Crippen LogP) is 2.94. The SMILES string of the molecule is COc1ccc2c(c1)CCCC2CC(=O)NCC(=O)NCc1ccccc1. The van der Waals surface area contributed by atoms with Crippen LogP contribution in [0, 0.1) is 0 Å². The van der Waals surface area contributed by atoms with Crippen molar-refractivity contribution in [1.82, 2.24) is 10.6 Å². The zero-order valence-corrected chi connectivity index (χ0v) is 15.7. The Morgan fingerprint density at radius 1 is 1.07 bits per heavy atom. The van der Waals surface area contributed by atoms with Gasteiger partial charge in [-0.2, -0.15) is 0 Å². The number of fused-ring (bicyclic) bond motifs is 1. The van der Waals surface area contributed by atoms with Crippen molar-refractivity contribution in [2.75, 3.05) is 13.7 Å². The molecule has 2 amide bonds. The van der Waals surface area contributed by atoms with Gasteiger partial charge in [-0.1, -0.05) is 36.4 Å². The number of aryl methyl sites for hydroxylation is 1. The first-order valence-electron chi connectivity index (χ1n) is 9.40. The second-order valence-electron chi connectivity index (χ2n) is 6.90. The third-order valence-corrected chi connectivity index (χ3v) is 5.00. The topological polar surface area (TPSA) is 67.4 Å². The third-order valence-electron chi connectivity index (χ3n) is 5.00. The van der Waals surface area contributed by atoms with Crippen molar-refractivity contribution in [3.8, 4) is 5.75 Å². The maximum Gasteiger partial charge on any atom is 0.239 e. The van der Waals surface area contributed by atoms with Crippen molar-refractivity contribution < 1.29 is 14.3 Å². The number of benzene rings is 2. The summed E-state index contributed by atoms with van der Waals surface area (Å²) < 4.78 is 5.29. The summed E-state index contributed by atoms with van der Waals surface area (Å²) in [6.45, 7) is 0.473. The molecular formula is C22H26N2O3. The van der Waals surface area contributed by atoms with E-state index in [2.05, 4.69) is 22.8 Å². The van der Waals surface area contributed by atoms with Gasteiger partial charge in [0.05, 0.1) is 13.7 Å². The van der Waals surface area contributed by atoms with Gasteiger partial charge in [-0.05, 0) is 54.0 Å². The minimum atomic E-state index is -0.180. The molecule has 1 aliphatic carbocycles. The van der Waals surface area contributed by atoms with Gasteiger partial charge in [0.2, 0.25) is 11.8 Å². The minimum absolute atomic E-state index is 0.00779. The number of ether oxygens (including phenoxy) is 1. The molecule has 2 aromatic carbocycles. The van der Waals surface area contributed by atoms with E-state index in [4.69, 9.17) is 4.74 Å². The largest absolute Gasteiger partial charge is 0.497 e. The summed E-state index contributed by atoms with van der Waals surface area (Å²) in [7, 11) is 1.67. The number of carbonyl (C=O) groups excluding carboxylic acids is 2. The number of methoxy groups -OCH3 is 1. The Labute approximate surface area is 160 Å². The second kappa shape index (κ2) is 9.21. The number of hydrogen-bond acceptors (Lipinski definition) is 3. The van der Waals surface area contributed by atoms with Crippen molar-refractivity contribution in [2.45, 2.75) is 38.1 Å². The van der Waals surface area contributed by atoms with Crippen LogP contribution in [0.1, 0.15) is 41.9 Å². The van der Waals surface area contributed by atoms with Gasteiger partial charge in [-0.25, -0.2) is 0 Å². The van der Waals surface area contributed by atoms with Crippen LogP contribution < -0.4 is 15.4 Å². The van der Waals surface area contributed by atoms with Crippen LogP contribution in [0.5, 0.6) is 5.75 Å². The summed E-state index contributed by atoms with van der Waals surface area (Å²) in [5, 5.41) is 5.56. The van der Waals surface area contributed by atoms with E-state index in [0.29, 0.717) is 13.0 Å². The molecule has 1 atom stereocenters. The third kappa shape index (κ3) is 5.33. The maximum atomic E-state index is 12.3. The fourth-order valence-corrected chi connectivity index (χ4v) is 3.56. The van der Waals surface area contributed by atoms with Crippen molar-refractivity contribution in [2.24, 2.45) is 0 Å². The summed E-state index contributed by atoms with van der Waals surface area (Å²) in [4.78, 5) is 24.2. The molecule has 3 rings (SSSR count). The molecule has 0 fully saturated rings. The van der Waals surface area contributed by atoms with Gasteiger partial charge in [0.25, 0.3) is 0 Å². The minimum Gasteiger partial charge on any atom is -0.497 e. The van der Waals surface area contributed by atoms with Gasteiger partial charge in [0.15, 0.2) is 0 Å². The van der Waals surface area contributed by atoms with E-state index in [-0.39, 0.29) is 24.3 Å². The fourth-order valence-electron chi connectivity index (χ4n) is 3.56. The molecule has 1 unspecified atom stereocenters. The molecule has 1 aliphatic rings. The van der Waals surface area contributed by atoms with Gasteiger partial charge < -0.3 is 15.4 Å². The zero-order valence-electron chi connectivity index (χ0n) is 15.7. The molecule has 5 nitrogen and oxygen atoms in total. The number of hydrogen-bond donors (Lipinski definition) is 2. The van der Waals surface area contributed by atoms with E-state index in [1.54, 1.807) is 7.11 Å². The molecular weight excluding hydrogens is 340 g/mol. The Kier molecular flexibility index (Phi) is 6.47. The smallest absolute Gasteiger partial charge is 0.239 e. The van der Waals surface area contributed by atoms with Crippen molar-refractivity contribution >= 4 is 11.8 Å². The monoisotopic (exact) mass is 366 g/mol. The standard InChI is InChI=1S/C22H26N2O3/c1-27-19-10-11-20-17(12-19)8-5-9-18(20)13-21(25)24-15-22(26)23-14-16-6-3-2-4-7-16/h2-4,6-7,10-12,18H,5,8-9,13-15H2,1H3,(H,23,26)(H,24,25). The lowest BCUT2D eigenvalue weighted by Crippen LogP contribution is -2.37. The molecule has 0 heterocycles. The summed E-state index contributed by atoms with van der Waals surface area (Å²) in [6.07, 6.45) is 3.49. The predicted molar refractivity (Wildman–Crippen MR) is 105 cm³/mol. The van der Waals surface area contributed by atoms with Gasteiger partial charge >= 0.3 is 0 Å². The highest BCUT2D eigenvalue weighted by molar-refractivity contribution is 5.85. The van der Waals surface area contributed by atoms with Crippen LogP contribution in [0.4, 0.5) is 0 Å². The first-order valence-corrected chi connectivity index (χ1v) is 9.40. The molecule has 0 aliphatic heterocycles. The first-order chi connectivity index (χ1) is 13.2. The number of amides is 2. The van der Waals surface area contributed by atoms with E-state index < -0.39 is 0 Å². The molecule has 0 saturated heterocycles. The Morgan fingerprint density at radius 2 is 1.89 bits per heavy atom. The van der Waals surface area contributed by atoms with Crippen LogP contribution in [0.15, 0.2) is 48.5 Å². The van der Waals surface area contributed by atoms with E-state index in [1.165, 1.54) is 11.1 Å². The van der Waals surface area contributed by atoms with Gasteiger partial charge in [-0.15, -0.1) is 0 Å². The van der Waals surface area contributed by atoms with Crippen molar-refractivity contribution in [3.05, 3.63) is 65.2 Å². The lowest BCUT2D eigenvalue weighted by Gasteiger charge is -2.25. The maximum absolute atomic E-state index is 12.3. The van der Waals surface area contributed by atoms with E-state index >= 15 is 0 Å². The Morgan fingerprint density at radius 3 is 2.67 bits per heavy atom. The van der Waals surface area contributed by atoms with Crippen LogP contribution in [0.2, 0.25) is 0 Å². The fraction of sp³-hybridized carbons (Fsp3) is 0.364. The van der Waals surface area contributed by atoms with E-state index in [0.717, 1.165) is 30.6 Å². The Balaban J connectivity index is 1.46. The molecule has 0 aromatic heterocycles. The quantitative estimate of drug-likeness (QED) is 0.792. The average Bonchev–Trinajstić information content (AvgIpc) is 2.71. The lowest BCUT2D eigenvalue weighted by molar-refractivity contribution is -0.126.